The molecule has 0 spiro atoms. The number of hydrogen-bond donors (Lipinski definition) is 2. The first-order valence-corrected chi connectivity index (χ1v) is 8.91. The summed E-state index contributed by atoms with van der Waals surface area (Å²) >= 11 is 0. The Balaban J connectivity index is 1.91. The number of hydrogen-bond acceptors (Lipinski definition) is 2. The average molecular weight is 340 g/mol. The van der Waals surface area contributed by atoms with E-state index in [0.717, 1.165) is 43.8 Å². The molecule has 0 saturated heterocycles. The molecule has 2 N–H and O–H groups in total. The Hall–Kier alpha value is -2.68. The maximum atomic E-state index is 11.5. The standard InChI is InChI=1S/C24H20O2/c1-23(25)19-11-15-7-3-5-9-17(15)13-21(19)24(2,26)22-14-18-10-6-4-8-16(18)12-20(22)23/h3-14,25-26H,1-2H3. The van der Waals surface area contributed by atoms with Crippen LogP contribution in [0.4, 0.5) is 0 Å². The zero-order chi connectivity index (χ0) is 18.1. The zero-order valence-corrected chi connectivity index (χ0v) is 14.8. The Morgan fingerprint density at radius 1 is 0.500 bits per heavy atom. The highest BCUT2D eigenvalue weighted by molar-refractivity contribution is 5.88. The smallest absolute Gasteiger partial charge is 0.113 e. The predicted molar refractivity (Wildman–Crippen MR) is 105 cm³/mol. The van der Waals surface area contributed by atoms with Gasteiger partial charge in [-0.3, -0.25) is 0 Å². The van der Waals surface area contributed by atoms with Crippen molar-refractivity contribution in [3.8, 4) is 0 Å². The number of aliphatic hydroxyl groups is 2. The largest absolute Gasteiger partial charge is 0.381 e. The van der Waals surface area contributed by atoms with E-state index < -0.39 is 11.2 Å². The topological polar surface area (TPSA) is 40.5 Å². The lowest BCUT2D eigenvalue weighted by atomic mass is 9.68. The molecule has 0 amide bonds. The second-order valence-electron chi connectivity index (χ2n) is 7.63. The van der Waals surface area contributed by atoms with Crippen LogP contribution in [0.5, 0.6) is 0 Å². The maximum Gasteiger partial charge on any atom is 0.113 e. The molecule has 0 heterocycles. The van der Waals surface area contributed by atoms with E-state index in [9.17, 15) is 10.2 Å². The Bertz CT molecular complexity index is 1000. The minimum Gasteiger partial charge on any atom is -0.381 e. The van der Waals surface area contributed by atoms with Crippen molar-refractivity contribution in [3.63, 3.8) is 0 Å². The summed E-state index contributed by atoms with van der Waals surface area (Å²) in [6.07, 6.45) is 0. The lowest BCUT2D eigenvalue weighted by molar-refractivity contribution is 0.0514. The van der Waals surface area contributed by atoms with Crippen molar-refractivity contribution >= 4 is 21.5 Å². The third-order valence-corrected chi connectivity index (χ3v) is 5.87. The monoisotopic (exact) mass is 340 g/mol. The van der Waals surface area contributed by atoms with Gasteiger partial charge in [0.25, 0.3) is 0 Å². The van der Waals surface area contributed by atoms with E-state index in [1.807, 2.05) is 86.6 Å². The van der Waals surface area contributed by atoms with Gasteiger partial charge in [0.1, 0.15) is 11.2 Å². The molecular formula is C24H20O2. The minimum absolute atomic E-state index is 0.768. The van der Waals surface area contributed by atoms with E-state index in [2.05, 4.69) is 0 Å². The van der Waals surface area contributed by atoms with Crippen LogP contribution < -0.4 is 0 Å². The summed E-state index contributed by atoms with van der Waals surface area (Å²) in [7, 11) is 0. The summed E-state index contributed by atoms with van der Waals surface area (Å²) in [6, 6.07) is 24.2. The molecule has 0 saturated carbocycles. The molecule has 128 valence electrons. The van der Waals surface area contributed by atoms with E-state index >= 15 is 0 Å². The van der Waals surface area contributed by atoms with Gasteiger partial charge < -0.3 is 10.2 Å². The fourth-order valence-electron chi connectivity index (χ4n) is 4.38. The molecule has 5 rings (SSSR count). The highest BCUT2D eigenvalue weighted by Gasteiger charge is 2.44. The highest BCUT2D eigenvalue weighted by Crippen LogP contribution is 2.49. The summed E-state index contributed by atoms with van der Waals surface area (Å²) in [4.78, 5) is 0. The van der Waals surface area contributed by atoms with Gasteiger partial charge in [0.15, 0.2) is 0 Å². The molecule has 0 aliphatic heterocycles. The van der Waals surface area contributed by atoms with Crippen LogP contribution in [0.15, 0.2) is 72.8 Å². The lowest BCUT2D eigenvalue weighted by Gasteiger charge is -2.42. The molecule has 2 nitrogen and oxygen atoms in total. The van der Waals surface area contributed by atoms with Gasteiger partial charge in [0, 0.05) is 0 Å². The Morgan fingerprint density at radius 3 is 0.962 bits per heavy atom. The normalized spacial score (nSPS) is 24.5. The van der Waals surface area contributed by atoms with Crippen LogP contribution in [0.2, 0.25) is 0 Å². The third kappa shape index (κ3) is 1.94. The van der Waals surface area contributed by atoms with Crippen LogP contribution in [0.1, 0.15) is 36.1 Å². The Labute approximate surface area is 152 Å². The summed E-state index contributed by atoms with van der Waals surface area (Å²) in [6.45, 7) is 3.65. The first-order valence-electron chi connectivity index (χ1n) is 8.91. The molecule has 0 atom stereocenters. The van der Waals surface area contributed by atoms with Crippen LogP contribution in [0.25, 0.3) is 21.5 Å². The van der Waals surface area contributed by atoms with E-state index in [4.69, 9.17) is 0 Å². The van der Waals surface area contributed by atoms with Crippen molar-refractivity contribution in [3.05, 3.63) is 95.1 Å². The summed E-state index contributed by atoms with van der Waals surface area (Å²) in [5.41, 5.74) is 0.739. The second kappa shape index (κ2) is 4.94. The molecular weight excluding hydrogens is 320 g/mol. The van der Waals surface area contributed by atoms with Gasteiger partial charge in [-0.2, -0.15) is 0 Å². The maximum absolute atomic E-state index is 11.5. The molecule has 1 aliphatic rings. The van der Waals surface area contributed by atoms with Crippen molar-refractivity contribution in [2.45, 2.75) is 25.0 Å². The van der Waals surface area contributed by atoms with Crippen molar-refractivity contribution in [2.75, 3.05) is 0 Å². The van der Waals surface area contributed by atoms with Gasteiger partial charge in [0.2, 0.25) is 0 Å². The molecule has 4 aromatic rings. The molecule has 0 radical (unpaired) electrons. The van der Waals surface area contributed by atoms with Crippen molar-refractivity contribution in [1.29, 1.82) is 0 Å². The summed E-state index contributed by atoms with van der Waals surface area (Å²) in [5, 5.41) is 27.3. The minimum atomic E-state index is -1.17. The molecule has 0 bridgehead atoms. The van der Waals surface area contributed by atoms with Crippen LogP contribution in [0, 0.1) is 0 Å². The Morgan fingerprint density at radius 2 is 0.731 bits per heavy atom. The number of benzene rings is 4. The van der Waals surface area contributed by atoms with Crippen molar-refractivity contribution < 1.29 is 10.2 Å². The third-order valence-electron chi connectivity index (χ3n) is 5.87. The van der Waals surface area contributed by atoms with Gasteiger partial charge in [-0.05, 0) is 81.9 Å². The van der Waals surface area contributed by atoms with Crippen LogP contribution in [-0.2, 0) is 11.2 Å². The van der Waals surface area contributed by atoms with Crippen molar-refractivity contribution in [1.82, 2.24) is 0 Å². The van der Waals surface area contributed by atoms with E-state index in [1.165, 1.54) is 0 Å². The molecule has 4 aromatic carbocycles. The molecule has 0 aromatic heterocycles. The van der Waals surface area contributed by atoms with E-state index in [-0.39, 0.29) is 0 Å². The van der Waals surface area contributed by atoms with Gasteiger partial charge >= 0.3 is 0 Å². The molecule has 2 heteroatoms. The molecule has 1 aliphatic carbocycles. The Kier molecular flexibility index (Phi) is 2.96. The van der Waals surface area contributed by atoms with E-state index in [0.29, 0.717) is 0 Å². The van der Waals surface area contributed by atoms with Gasteiger partial charge in [-0.25, -0.2) is 0 Å². The number of fused-ring (bicyclic) bond motifs is 4. The average Bonchev–Trinajstić information content (AvgIpc) is 2.65. The lowest BCUT2D eigenvalue weighted by Crippen LogP contribution is -2.39. The fourth-order valence-corrected chi connectivity index (χ4v) is 4.38. The molecule has 0 unspecified atom stereocenters. The zero-order valence-electron chi connectivity index (χ0n) is 14.8. The first kappa shape index (κ1) is 15.6. The SMILES string of the molecule is CC1(O)c2cc3ccccc3cc2C(C)(O)c2cc3ccccc3cc21. The van der Waals surface area contributed by atoms with Gasteiger partial charge in [-0.15, -0.1) is 0 Å². The van der Waals surface area contributed by atoms with Crippen molar-refractivity contribution in [2.24, 2.45) is 0 Å². The van der Waals surface area contributed by atoms with Crippen LogP contribution >= 0.6 is 0 Å². The molecule has 26 heavy (non-hydrogen) atoms. The first-order chi connectivity index (χ1) is 12.4. The quantitative estimate of drug-likeness (QED) is 0.482. The summed E-state index contributed by atoms with van der Waals surface area (Å²) in [5.74, 6) is 0. The van der Waals surface area contributed by atoms with Gasteiger partial charge in [0.05, 0.1) is 0 Å². The summed E-state index contributed by atoms with van der Waals surface area (Å²) < 4.78 is 0. The van der Waals surface area contributed by atoms with Crippen LogP contribution in [-0.4, -0.2) is 10.2 Å². The predicted octanol–water partition coefficient (Wildman–Crippen LogP) is 4.82. The second-order valence-corrected chi connectivity index (χ2v) is 7.63. The highest BCUT2D eigenvalue weighted by atomic mass is 16.3. The number of rotatable bonds is 0. The fraction of sp³-hybridized carbons (Fsp3) is 0.167. The van der Waals surface area contributed by atoms with Gasteiger partial charge in [-0.1, -0.05) is 48.5 Å². The van der Waals surface area contributed by atoms with E-state index in [1.54, 1.807) is 0 Å². The molecule has 0 fully saturated rings. The van der Waals surface area contributed by atoms with Crippen LogP contribution in [0.3, 0.4) is 0 Å².